The van der Waals surface area contributed by atoms with Gasteiger partial charge >= 0.3 is 0 Å². The van der Waals surface area contributed by atoms with Crippen LogP contribution in [0.15, 0.2) is 36.8 Å². The Bertz CT molecular complexity index is 443. The molecule has 2 rings (SSSR count). The van der Waals surface area contributed by atoms with Crippen LogP contribution in [0.4, 0.5) is 5.95 Å². The van der Waals surface area contributed by atoms with Crippen LogP contribution in [-0.4, -0.2) is 28.0 Å². The largest absolute Gasteiger partial charge is 0.353 e. The highest BCUT2D eigenvalue weighted by Gasteiger charge is 2.00. The lowest BCUT2D eigenvalue weighted by Gasteiger charge is -2.04. The van der Waals surface area contributed by atoms with E-state index in [0.717, 1.165) is 11.3 Å². The molecule has 0 aliphatic rings. The molecule has 0 spiro atoms. The molecule has 0 aliphatic carbocycles. The minimum Gasteiger partial charge on any atom is -0.353 e. The molecule has 82 valence electrons. The van der Waals surface area contributed by atoms with Gasteiger partial charge in [-0.15, -0.1) is 0 Å². The summed E-state index contributed by atoms with van der Waals surface area (Å²) in [5.41, 5.74) is 7.29. The van der Waals surface area contributed by atoms with Crippen LogP contribution in [0.3, 0.4) is 0 Å². The average molecular weight is 215 g/mol. The molecule has 0 saturated heterocycles. The van der Waals surface area contributed by atoms with Crippen LogP contribution in [0.25, 0.3) is 11.3 Å². The normalized spacial score (nSPS) is 10.1. The molecule has 2 heterocycles. The van der Waals surface area contributed by atoms with E-state index >= 15 is 0 Å². The smallest absolute Gasteiger partial charge is 0.223 e. The zero-order chi connectivity index (χ0) is 11.2. The SMILES string of the molecule is NCCNc1nccc(-c2ccncc2)n1. The zero-order valence-electron chi connectivity index (χ0n) is 8.80. The fourth-order valence-electron chi connectivity index (χ4n) is 1.31. The Morgan fingerprint density at radius 1 is 1.12 bits per heavy atom. The highest BCUT2D eigenvalue weighted by molar-refractivity contribution is 5.58. The first-order valence-corrected chi connectivity index (χ1v) is 5.07. The number of nitrogens with two attached hydrogens (primary N) is 1. The highest BCUT2D eigenvalue weighted by atomic mass is 15.1. The third-order valence-electron chi connectivity index (χ3n) is 2.06. The number of rotatable bonds is 4. The van der Waals surface area contributed by atoms with Crippen LogP contribution in [0.5, 0.6) is 0 Å². The Morgan fingerprint density at radius 3 is 2.69 bits per heavy atom. The Hall–Kier alpha value is -2.01. The number of nitrogens with one attached hydrogen (secondary N) is 1. The van der Waals surface area contributed by atoms with E-state index < -0.39 is 0 Å². The Kier molecular flexibility index (Phi) is 3.40. The molecule has 2 aromatic rings. The van der Waals surface area contributed by atoms with E-state index in [4.69, 9.17) is 5.73 Å². The fourth-order valence-corrected chi connectivity index (χ4v) is 1.31. The van der Waals surface area contributed by atoms with Gasteiger partial charge in [0.25, 0.3) is 0 Å². The molecular weight excluding hydrogens is 202 g/mol. The van der Waals surface area contributed by atoms with Crippen molar-refractivity contribution in [3.05, 3.63) is 36.8 Å². The van der Waals surface area contributed by atoms with Crippen molar-refractivity contribution in [3.8, 4) is 11.3 Å². The van der Waals surface area contributed by atoms with Gasteiger partial charge in [-0.1, -0.05) is 0 Å². The van der Waals surface area contributed by atoms with Crippen molar-refractivity contribution < 1.29 is 0 Å². The van der Waals surface area contributed by atoms with Crippen molar-refractivity contribution in [1.29, 1.82) is 0 Å². The Morgan fingerprint density at radius 2 is 1.94 bits per heavy atom. The summed E-state index contributed by atoms with van der Waals surface area (Å²) in [6, 6.07) is 5.69. The summed E-state index contributed by atoms with van der Waals surface area (Å²) in [5, 5.41) is 3.04. The van der Waals surface area contributed by atoms with Crippen LogP contribution in [0.1, 0.15) is 0 Å². The Labute approximate surface area is 93.8 Å². The topological polar surface area (TPSA) is 76.7 Å². The molecule has 0 amide bonds. The molecule has 0 atom stereocenters. The van der Waals surface area contributed by atoms with Gasteiger partial charge in [0.2, 0.25) is 5.95 Å². The van der Waals surface area contributed by atoms with Crippen molar-refractivity contribution in [2.75, 3.05) is 18.4 Å². The van der Waals surface area contributed by atoms with Crippen molar-refractivity contribution in [2.45, 2.75) is 0 Å². The maximum Gasteiger partial charge on any atom is 0.223 e. The molecule has 0 radical (unpaired) electrons. The van der Waals surface area contributed by atoms with Crippen molar-refractivity contribution in [2.24, 2.45) is 5.73 Å². The van der Waals surface area contributed by atoms with Crippen LogP contribution >= 0.6 is 0 Å². The number of hydrogen-bond acceptors (Lipinski definition) is 5. The van der Waals surface area contributed by atoms with E-state index in [2.05, 4.69) is 20.3 Å². The standard InChI is InChI=1S/C11H13N5/c12-4-8-15-11-14-7-3-10(16-11)9-1-5-13-6-2-9/h1-3,5-7H,4,8,12H2,(H,14,15,16). The van der Waals surface area contributed by atoms with E-state index in [1.165, 1.54) is 0 Å². The molecule has 0 bridgehead atoms. The third kappa shape index (κ3) is 2.52. The maximum absolute atomic E-state index is 5.40. The first-order chi connectivity index (χ1) is 7.90. The van der Waals surface area contributed by atoms with E-state index in [1.807, 2.05) is 18.2 Å². The number of nitrogens with zero attached hydrogens (tertiary/aromatic N) is 3. The summed E-state index contributed by atoms with van der Waals surface area (Å²) in [6.45, 7) is 1.22. The monoisotopic (exact) mass is 215 g/mol. The van der Waals surface area contributed by atoms with Gasteiger partial charge in [-0.25, -0.2) is 9.97 Å². The van der Waals surface area contributed by atoms with Crippen molar-refractivity contribution in [1.82, 2.24) is 15.0 Å². The van der Waals surface area contributed by atoms with Gasteiger partial charge in [-0.2, -0.15) is 0 Å². The van der Waals surface area contributed by atoms with Crippen LogP contribution in [0.2, 0.25) is 0 Å². The van der Waals surface area contributed by atoms with Gasteiger partial charge in [0.1, 0.15) is 0 Å². The summed E-state index contributed by atoms with van der Waals surface area (Å²) in [4.78, 5) is 12.5. The highest BCUT2D eigenvalue weighted by Crippen LogP contribution is 2.15. The summed E-state index contributed by atoms with van der Waals surface area (Å²) >= 11 is 0. The van der Waals surface area contributed by atoms with Gasteiger partial charge in [0, 0.05) is 37.2 Å². The maximum atomic E-state index is 5.40. The number of aromatic nitrogens is 3. The summed E-state index contributed by atoms with van der Waals surface area (Å²) in [6.07, 6.45) is 5.20. The zero-order valence-corrected chi connectivity index (χ0v) is 8.80. The summed E-state index contributed by atoms with van der Waals surface area (Å²) in [5.74, 6) is 0.597. The van der Waals surface area contributed by atoms with Gasteiger partial charge < -0.3 is 11.1 Å². The van der Waals surface area contributed by atoms with Gasteiger partial charge in [0.15, 0.2) is 0 Å². The molecule has 0 saturated carbocycles. The number of anilines is 1. The first kappa shape index (κ1) is 10.5. The summed E-state index contributed by atoms with van der Waals surface area (Å²) in [7, 11) is 0. The molecular formula is C11H13N5. The second-order valence-electron chi connectivity index (χ2n) is 3.22. The first-order valence-electron chi connectivity index (χ1n) is 5.07. The van der Waals surface area contributed by atoms with Crippen molar-refractivity contribution >= 4 is 5.95 Å². The molecule has 0 fully saturated rings. The molecule has 0 aliphatic heterocycles. The minimum atomic E-state index is 0.558. The number of pyridine rings is 1. The third-order valence-corrected chi connectivity index (χ3v) is 2.06. The predicted molar refractivity (Wildman–Crippen MR) is 62.8 cm³/mol. The predicted octanol–water partition coefficient (Wildman–Crippen LogP) is 0.909. The van der Waals surface area contributed by atoms with Gasteiger partial charge in [-0.3, -0.25) is 4.98 Å². The lowest BCUT2D eigenvalue weighted by atomic mass is 10.2. The summed E-state index contributed by atoms with van der Waals surface area (Å²) < 4.78 is 0. The van der Waals surface area contributed by atoms with Gasteiger partial charge in [-0.05, 0) is 18.2 Å². The van der Waals surface area contributed by atoms with Crippen LogP contribution < -0.4 is 11.1 Å². The molecule has 5 heteroatoms. The molecule has 3 N–H and O–H groups in total. The van der Waals surface area contributed by atoms with E-state index in [0.29, 0.717) is 19.0 Å². The van der Waals surface area contributed by atoms with E-state index in [9.17, 15) is 0 Å². The minimum absolute atomic E-state index is 0.558. The van der Waals surface area contributed by atoms with E-state index in [-0.39, 0.29) is 0 Å². The second-order valence-corrected chi connectivity index (χ2v) is 3.22. The Balaban J connectivity index is 2.22. The molecule has 0 unspecified atom stereocenters. The quantitative estimate of drug-likeness (QED) is 0.792. The molecule has 0 aromatic carbocycles. The van der Waals surface area contributed by atoms with Crippen molar-refractivity contribution in [3.63, 3.8) is 0 Å². The second kappa shape index (κ2) is 5.18. The number of hydrogen-bond donors (Lipinski definition) is 2. The fraction of sp³-hybridized carbons (Fsp3) is 0.182. The van der Waals surface area contributed by atoms with Gasteiger partial charge in [0.05, 0.1) is 5.69 Å². The lowest BCUT2D eigenvalue weighted by Crippen LogP contribution is -2.14. The molecule has 2 aromatic heterocycles. The van der Waals surface area contributed by atoms with Crippen LogP contribution in [0, 0.1) is 0 Å². The lowest BCUT2D eigenvalue weighted by molar-refractivity contribution is 0.990. The molecule has 16 heavy (non-hydrogen) atoms. The molecule has 5 nitrogen and oxygen atoms in total. The van der Waals surface area contributed by atoms with Crippen LogP contribution in [-0.2, 0) is 0 Å². The average Bonchev–Trinajstić information content (AvgIpc) is 2.38. The van der Waals surface area contributed by atoms with E-state index in [1.54, 1.807) is 18.6 Å².